The molecule has 0 saturated carbocycles. The third kappa shape index (κ3) is 4.89. The van der Waals surface area contributed by atoms with Crippen LogP contribution in [0.1, 0.15) is 33.9 Å². The van der Waals surface area contributed by atoms with Crippen LogP contribution in [0.5, 0.6) is 11.5 Å². The normalized spacial score (nSPS) is 12.2. The smallest absolute Gasteiger partial charge is 0.134 e. The van der Waals surface area contributed by atoms with Gasteiger partial charge in [0.05, 0.1) is 22.8 Å². The van der Waals surface area contributed by atoms with Crippen LogP contribution in [0.4, 0.5) is 0 Å². The molecule has 6 heteroatoms. The van der Waals surface area contributed by atoms with Crippen LogP contribution < -0.4 is 0 Å². The zero-order chi connectivity index (χ0) is 33.9. The summed E-state index contributed by atoms with van der Waals surface area (Å²) in [6.07, 6.45) is 7.89. The molecule has 4 aromatic carbocycles. The molecule has 0 saturated heterocycles. The third-order valence-corrected chi connectivity index (χ3v) is 9.47. The number of aromatic amines is 2. The Hall–Kier alpha value is -6.66. The van der Waals surface area contributed by atoms with Gasteiger partial charge in [-0.05, 0) is 109 Å². The van der Waals surface area contributed by atoms with Gasteiger partial charge in [-0.15, -0.1) is 0 Å². The summed E-state index contributed by atoms with van der Waals surface area (Å²) in [5.74, 6) is 0.316. The van der Waals surface area contributed by atoms with Crippen molar-refractivity contribution < 1.29 is 10.2 Å². The fourth-order valence-corrected chi connectivity index (χ4v) is 7.15. The quantitative estimate of drug-likeness (QED) is 0.150. The van der Waals surface area contributed by atoms with Gasteiger partial charge in [0.1, 0.15) is 11.5 Å². The molecule has 0 atom stereocenters. The first kappa shape index (κ1) is 29.5. The molecule has 6 nitrogen and oxygen atoms in total. The van der Waals surface area contributed by atoms with E-state index < -0.39 is 0 Å². The summed E-state index contributed by atoms with van der Waals surface area (Å²) < 4.78 is 0. The molecule has 2 aliphatic rings. The number of H-pyrrole nitrogens is 2. The number of rotatable bonds is 2. The summed E-state index contributed by atoms with van der Waals surface area (Å²) in [6.45, 7) is 4.06. The topological polar surface area (TPSA) is 97.8 Å². The molecule has 0 amide bonds. The van der Waals surface area contributed by atoms with Crippen LogP contribution in [0.2, 0.25) is 0 Å². The van der Waals surface area contributed by atoms with Crippen molar-refractivity contribution in [3.63, 3.8) is 0 Å². The Morgan fingerprint density at radius 2 is 0.780 bits per heavy atom. The van der Waals surface area contributed by atoms with E-state index >= 15 is 0 Å². The Balaban J connectivity index is 1.49. The van der Waals surface area contributed by atoms with E-state index in [0.29, 0.717) is 32.9 Å². The molecule has 5 heterocycles. The second-order valence-electron chi connectivity index (χ2n) is 12.9. The zero-order valence-corrected chi connectivity index (χ0v) is 27.5. The van der Waals surface area contributed by atoms with Crippen LogP contribution in [-0.2, 0) is 0 Å². The molecular weight excluding hydrogens is 617 g/mol. The lowest BCUT2D eigenvalue weighted by Gasteiger charge is -2.06. The summed E-state index contributed by atoms with van der Waals surface area (Å²) in [5, 5.41) is 26.4. The van der Waals surface area contributed by atoms with E-state index in [9.17, 15) is 10.2 Å². The Kier molecular flexibility index (Phi) is 6.78. The van der Waals surface area contributed by atoms with E-state index in [0.717, 1.165) is 66.8 Å². The predicted octanol–water partition coefficient (Wildman–Crippen LogP) is 10.9. The number of aromatic hydroxyl groups is 2. The number of hydrogen-bond donors (Lipinski definition) is 4. The maximum absolute atomic E-state index is 11.8. The van der Waals surface area contributed by atoms with E-state index in [4.69, 9.17) is 9.97 Å². The number of phenols is 2. The highest BCUT2D eigenvalue weighted by Gasteiger charge is 2.17. The molecule has 0 radical (unpaired) electrons. The molecule has 4 N–H and O–H groups in total. The minimum absolute atomic E-state index is 0.135. The van der Waals surface area contributed by atoms with E-state index in [1.807, 2.05) is 123 Å². The molecule has 2 aliphatic heterocycles. The van der Waals surface area contributed by atoms with E-state index in [1.165, 1.54) is 0 Å². The highest BCUT2D eigenvalue weighted by Crippen LogP contribution is 2.38. The zero-order valence-electron chi connectivity index (χ0n) is 27.5. The monoisotopic (exact) mass is 648 g/mol. The Labute approximate surface area is 288 Å². The highest BCUT2D eigenvalue weighted by molar-refractivity contribution is 6.03. The van der Waals surface area contributed by atoms with E-state index in [-0.39, 0.29) is 11.5 Å². The van der Waals surface area contributed by atoms with Crippen LogP contribution in [0.15, 0.2) is 109 Å². The number of fused-ring (bicyclic) bond motifs is 16. The predicted molar refractivity (Wildman–Crippen MR) is 206 cm³/mol. The number of nitrogens with one attached hydrogen (secondary N) is 2. The summed E-state index contributed by atoms with van der Waals surface area (Å²) in [4.78, 5) is 17.4. The van der Waals surface area contributed by atoms with Crippen LogP contribution in [0.3, 0.4) is 0 Å². The molecule has 0 aliphatic carbocycles. The van der Waals surface area contributed by atoms with Crippen LogP contribution in [-0.4, -0.2) is 30.1 Å². The van der Waals surface area contributed by atoms with E-state index in [1.54, 1.807) is 0 Å². The molecular formula is C44H32N4O2. The number of aromatic nitrogens is 4. The van der Waals surface area contributed by atoms with Gasteiger partial charge < -0.3 is 20.2 Å². The molecule has 9 rings (SSSR count). The SMILES string of the molecule is Cc1cc2c3nc(c(-c4ccccc4)c4ccc([nH]4)c4cc(C)cc(c4O)c4ccc([nH]4)c(-c4ccccc4)c4nc(c(c1)c2O)C=C4)C=C3. The lowest BCUT2D eigenvalue weighted by Crippen LogP contribution is -1.87. The maximum atomic E-state index is 11.8. The molecule has 240 valence electrons. The average Bonchev–Trinajstić information content (AvgIpc) is 3.96. The third-order valence-electron chi connectivity index (χ3n) is 9.47. The summed E-state index contributed by atoms with van der Waals surface area (Å²) in [7, 11) is 0. The van der Waals surface area contributed by atoms with Gasteiger partial charge in [-0.2, -0.15) is 0 Å². The molecule has 0 unspecified atom stereocenters. The largest absolute Gasteiger partial charge is 0.507 e. The van der Waals surface area contributed by atoms with Crippen LogP contribution in [0, 0.1) is 13.8 Å². The molecule has 12 bridgehead atoms. The van der Waals surface area contributed by atoms with Crippen molar-refractivity contribution in [2.75, 3.05) is 0 Å². The van der Waals surface area contributed by atoms with Crippen molar-refractivity contribution in [2.45, 2.75) is 13.8 Å². The van der Waals surface area contributed by atoms with Gasteiger partial charge in [0.25, 0.3) is 0 Å². The summed E-state index contributed by atoms with van der Waals surface area (Å²) in [5.41, 5.74) is 12.0. The molecule has 7 aromatic rings. The number of phenolic OH excluding ortho intramolecular Hbond substituents is 2. The molecule has 3 aromatic heterocycles. The number of aryl methyl sites for hydroxylation is 2. The van der Waals surface area contributed by atoms with Crippen molar-refractivity contribution in [1.29, 1.82) is 0 Å². The van der Waals surface area contributed by atoms with E-state index in [2.05, 4.69) is 34.2 Å². The average molecular weight is 649 g/mol. The van der Waals surface area contributed by atoms with Crippen molar-refractivity contribution >= 4 is 67.9 Å². The first-order chi connectivity index (χ1) is 24.4. The second-order valence-corrected chi connectivity index (χ2v) is 12.9. The van der Waals surface area contributed by atoms with Crippen LogP contribution in [0.25, 0.3) is 90.2 Å². The van der Waals surface area contributed by atoms with Gasteiger partial charge >= 0.3 is 0 Å². The van der Waals surface area contributed by atoms with Gasteiger partial charge in [0.15, 0.2) is 0 Å². The first-order valence-electron chi connectivity index (χ1n) is 16.6. The van der Waals surface area contributed by atoms with Crippen molar-refractivity contribution in [1.82, 2.24) is 19.9 Å². The van der Waals surface area contributed by atoms with Gasteiger partial charge in [-0.3, -0.25) is 0 Å². The maximum Gasteiger partial charge on any atom is 0.134 e. The molecule has 50 heavy (non-hydrogen) atoms. The lowest BCUT2D eigenvalue weighted by atomic mass is 10.0. The number of hydrogen-bond acceptors (Lipinski definition) is 4. The Morgan fingerprint density at radius 3 is 1.22 bits per heavy atom. The Bertz CT molecular complexity index is 2610. The van der Waals surface area contributed by atoms with Crippen molar-refractivity contribution in [2.24, 2.45) is 0 Å². The van der Waals surface area contributed by atoms with Crippen molar-refractivity contribution in [3.8, 4) is 33.8 Å². The second kappa shape index (κ2) is 11.5. The standard InChI is InChI=1S/C44H32N4O2/c1-25-21-29-33-13-17-37(45-33)41(27-9-5-3-6-10-27)39-19-15-35(47-39)31-23-26(2)24-32(44(31)50)36-16-20-40(48-36)42(28-11-7-4-8-12-28)38-18-14-34(46-38)30(22-25)43(29)49/h3-24,45-46,49-50H,1-2H3. The highest BCUT2D eigenvalue weighted by atomic mass is 16.3. The van der Waals surface area contributed by atoms with Crippen molar-refractivity contribution in [3.05, 3.63) is 143 Å². The molecule has 0 spiro atoms. The summed E-state index contributed by atoms with van der Waals surface area (Å²) >= 11 is 0. The number of benzene rings is 4. The number of nitrogens with zero attached hydrogens (tertiary/aromatic N) is 2. The van der Waals surface area contributed by atoms with Gasteiger partial charge in [0, 0.05) is 54.7 Å². The van der Waals surface area contributed by atoms with Gasteiger partial charge in [-0.25, -0.2) is 9.97 Å². The Morgan fingerprint density at radius 1 is 0.420 bits per heavy atom. The van der Waals surface area contributed by atoms with Crippen LogP contribution >= 0.6 is 0 Å². The van der Waals surface area contributed by atoms with Gasteiger partial charge in [0.2, 0.25) is 0 Å². The fourth-order valence-electron chi connectivity index (χ4n) is 7.15. The minimum atomic E-state index is 0.135. The molecule has 0 fully saturated rings. The lowest BCUT2D eigenvalue weighted by molar-refractivity contribution is 0.486. The van der Waals surface area contributed by atoms with Gasteiger partial charge in [-0.1, -0.05) is 60.7 Å². The fraction of sp³-hybridized carbons (Fsp3) is 0.0455. The first-order valence-corrected chi connectivity index (χ1v) is 16.6. The minimum Gasteiger partial charge on any atom is -0.507 e. The summed E-state index contributed by atoms with van der Waals surface area (Å²) in [6, 6.07) is 36.3.